The fraction of sp³-hybridized carbons (Fsp3) is 0.600. The molecule has 1 aromatic heterocycles. The summed E-state index contributed by atoms with van der Waals surface area (Å²) in [5.74, 6) is 2.09. The van der Waals surface area contributed by atoms with E-state index in [1.807, 2.05) is 6.92 Å². The molecule has 2 heterocycles. The molecule has 0 spiro atoms. The quantitative estimate of drug-likeness (QED) is 0.859. The van der Waals surface area contributed by atoms with Crippen molar-refractivity contribution in [2.45, 2.75) is 45.2 Å². The zero-order chi connectivity index (χ0) is 17.8. The van der Waals surface area contributed by atoms with Crippen molar-refractivity contribution in [1.29, 1.82) is 0 Å². The lowest BCUT2D eigenvalue weighted by molar-refractivity contribution is 0.122. The van der Waals surface area contributed by atoms with Gasteiger partial charge < -0.3 is 19.4 Å². The average Bonchev–Trinajstić information content (AvgIpc) is 3.30. The molecular weight excluding hydrogens is 328 g/mol. The van der Waals surface area contributed by atoms with Gasteiger partial charge in [-0.25, -0.2) is 0 Å². The number of hydrogen-bond donors (Lipinski definition) is 1. The molecule has 1 aliphatic carbocycles. The van der Waals surface area contributed by atoms with Gasteiger partial charge >= 0.3 is 0 Å². The van der Waals surface area contributed by atoms with E-state index in [-0.39, 0.29) is 0 Å². The third-order valence-electron chi connectivity index (χ3n) is 5.48. The monoisotopic (exact) mass is 356 g/mol. The molecule has 26 heavy (non-hydrogen) atoms. The lowest BCUT2D eigenvalue weighted by atomic mass is 10.0. The molecule has 1 saturated heterocycles. The molecule has 1 N–H and O–H groups in total. The topological polar surface area (TPSA) is 63.4 Å². The minimum atomic E-state index is 0.586. The summed E-state index contributed by atoms with van der Waals surface area (Å²) < 4.78 is 10.9. The van der Waals surface area contributed by atoms with Crippen molar-refractivity contribution in [2.24, 2.45) is 5.92 Å². The van der Waals surface area contributed by atoms with E-state index in [0.29, 0.717) is 17.9 Å². The number of morpholine rings is 1. The molecule has 1 saturated carbocycles. The van der Waals surface area contributed by atoms with Crippen molar-refractivity contribution >= 4 is 5.69 Å². The standard InChI is InChI=1S/C20H28N4O2/c1-15-22-23-20(26-15)13-17-2-5-18(12-17)21-14-16-3-6-19(7-4-16)24-8-10-25-11-9-24/h3-4,6-7,17-18,21H,2,5,8-14H2,1H3/t17-,18+/m1/s1. The molecule has 140 valence electrons. The summed E-state index contributed by atoms with van der Waals surface area (Å²) in [5.41, 5.74) is 2.64. The van der Waals surface area contributed by atoms with Crippen molar-refractivity contribution in [1.82, 2.24) is 15.5 Å². The first-order chi connectivity index (χ1) is 12.8. The molecule has 0 amide bonds. The minimum absolute atomic E-state index is 0.586. The van der Waals surface area contributed by atoms with E-state index in [0.717, 1.165) is 45.2 Å². The zero-order valence-electron chi connectivity index (χ0n) is 15.5. The third-order valence-corrected chi connectivity index (χ3v) is 5.48. The Balaban J connectivity index is 1.23. The van der Waals surface area contributed by atoms with Gasteiger partial charge in [-0.05, 0) is 42.9 Å². The van der Waals surface area contributed by atoms with Crippen LogP contribution in [0.5, 0.6) is 0 Å². The van der Waals surface area contributed by atoms with Gasteiger partial charge in [-0.1, -0.05) is 12.1 Å². The molecule has 2 fully saturated rings. The largest absolute Gasteiger partial charge is 0.426 e. The second kappa shape index (κ2) is 8.18. The Labute approximate surface area is 154 Å². The van der Waals surface area contributed by atoms with Crippen LogP contribution in [0.25, 0.3) is 0 Å². The van der Waals surface area contributed by atoms with Gasteiger partial charge in [0.2, 0.25) is 11.8 Å². The molecule has 6 nitrogen and oxygen atoms in total. The zero-order valence-corrected chi connectivity index (χ0v) is 15.5. The summed E-state index contributed by atoms with van der Waals surface area (Å²) in [5, 5.41) is 11.8. The lowest BCUT2D eigenvalue weighted by Gasteiger charge is -2.29. The lowest BCUT2D eigenvalue weighted by Crippen LogP contribution is -2.36. The predicted molar refractivity (Wildman–Crippen MR) is 100 cm³/mol. The summed E-state index contributed by atoms with van der Waals surface area (Å²) in [6.07, 6.45) is 4.55. The molecule has 0 bridgehead atoms. The molecule has 4 rings (SSSR count). The molecule has 0 unspecified atom stereocenters. The highest BCUT2D eigenvalue weighted by Crippen LogP contribution is 2.28. The van der Waals surface area contributed by atoms with E-state index in [4.69, 9.17) is 9.15 Å². The van der Waals surface area contributed by atoms with Crippen molar-refractivity contribution in [2.75, 3.05) is 31.2 Å². The first-order valence-corrected chi connectivity index (χ1v) is 9.70. The van der Waals surface area contributed by atoms with E-state index in [1.54, 1.807) is 0 Å². The Morgan fingerprint density at radius 3 is 2.65 bits per heavy atom. The maximum atomic E-state index is 5.52. The Kier molecular flexibility index (Phi) is 5.51. The normalized spacial score (nSPS) is 23.5. The third kappa shape index (κ3) is 4.43. The van der Waals surface area contributed by atoms with Crippen LogP contribution >= 0.6 is 0 Å². The van der Waals surface area contributed by atoms with Crippen LogP contribution in [0.1, 0.15) is 36.6 Å². The summed E-state index contributed by atoms with van der Waals surface area (Å²) in [6, 6.07) is 9.54. The average molecular weight is 356 g/mol. The first-order valence-electron chi connectivity index (χ1n) is 9.70. The van der Waals surface area contributed by atoms with Gasteiger partial charge in [0.15, 0.2) is 0 Å². The SMILES string of the molecule is Cc1nnc(C[C@@H]2CC[C@H](NCc3ccc(N4CCOCC4)cc3)C2)o1. The number of ether oxygens (including phenoxy) is 1. The molecule has 0 radical (unpaired) electrons. The number of nitrogens with one attached hydrogen (secondary N) is 1. The molecular formula is C20H28N4O2. The van der Waals surface area contributed by atoms with Gasteiger partial charge in [-0.3, -0.25) is 0 Å². The summed E-state index contributed by atoms with van der Waals surface area (Å²) in [4.78, 5) is 2.39. The molecule has 6 heteroatoms. The number of nitrogens with zero attached hydrogens (tertiary/aromatic N) is 3. The second-order valence-electron chi connectivity index (χ2n) is 7.44. The molecule has 2 aliphatic rings. The predicted octanol–water partition coefficient (Wildman–Crippen LogP) is 2.72. The maximum absolute atomic E-state index is 5.52. The van der Waals surface area contributed by atoms with Crippen LogP contribution in [0.4, 0.5) is 5.69 Å². The van der Waals surface area contributed by atoms with Crippen molar-refractivity contribution < 1.29 is 9.15 Å². The summed E-state index contributed by atoms with van der Waals surface area (Å²) in [6.45, 7) is 6.41. The van der Waals surface area contributed by atoms with Crippen LogP contribution in [-0.4, -0.2) is 42.5 Å². The van der Waals surface area contributed by atoms with Gasteiger partial charge in [0.25, 0.3) is 0 Å². The number of hydrogen-bond acceptors (Lipinski definition) is 6. The summed E-state index contributed by atoms with van der Waals surface area (Å²) >= 11 is 0. The molecule has 1 aliphatic heterocycles. The molecule has 2 aromatic rings. The van der Waals surface area contributed by atoms with Gasteiger partial charge in [0.1, 0.15) is 0 Å². The van der Waals surface area contributed by atoms with Gasteiger partial charge in [0.05, 0.1) is 13.2 Å². The van der Waals surface area contributed by atoms with Crippen LogP contribution in [-0.2, 0) is 17.7 Å². The van der Waals surface area contributed by atoms with E-state index >= 15 is 0 Å². The minimum Gasteiger partial charge on any atom is -0.426 e. The molecule has 2 atom stereocenters. The van der Waals surface area contributed by atoms with Crippen LogP contribution in [0.15, 0.2) is 28.7 Å². The Morgan fingerprint density at radius 1 is 1.12 bits per heavy atom. The highest BCUT2D eigenvalue weighted by molar-refractivity contribution is 5.47. The maximum Gasteiger partial charge on any atom is 0.216 e. The number of benzene rings is 1. The van der Waals surface area contributed by atoms with Gasteiger partial charge in [-0.2, -0.15) is 0 Å². The number of anilines is 1. The second-order valence-corrected chi connectivity index (χ2v) is 7.44. The highest BCUT2D eigenvalue weighted by atomic mass is 16.5. The smallest absolute Gasteiger partial charge is 0.216 e. The van der Waals surface area contributed by atoms with Crippen molar-refractivity contribution in [3.63, 3.8) is 0 Å². The number of rotatable bonds is 6. The van der Waals surface area contributed by atoms with Crippen molar-refractivity contribution in [3.05, 3.63) is 41.6 Å². The van der Waals surface area contributed by atoms with Gasteiger partial charge in [-0.15, -0.1) is 10.2 Å². The fourth-order valence-corrected chi connectivity index (χ4v) is 4.02. The number of aryl methyl sites for hydroxylation is 1. The highest BCUT2D eigenvalue weighted by Gasteiger charge is 2.26. The van der Waals surface area contributed by atoms with E-state index < -0.39 is 0 Å². The Bertz CT molecular complexity index is 694. The van der Waals surface area contributed by atoms with Crippen molar-refractivity contribution in [3.8, 4) is 0 Å². The fourth-order valence-electron chi connectivity index (χ4n) is 4.02. The summed E-state index contributed by atoms with van der Waals surface area (Å²) in [7, 11) is 0. The molecule has 1 aromatic carbocycles. The first kappa shape index (κ1) is 17.5. The van der Waals surface area contributed by atoms with Crippen LogP contribution in [0.3, 0.4) is 0 Å². The number of aromatic nitrogens is 2. The van der Waals surface area contributed by atoms with Gasteiger partial charge in [0, 0.05) is 44.7 Å². The Morgan fingerprint density at radius 2 is 1.92 bits per heavy atom. The van der Waals surface area contributed by atoms with Crippen LogP contribution in [0, 0.1) is 12.8 Å². The van der Waals surface area contributed by atoms with E-state index in [2.05, 4.69) is 44.7 Å². The van der Waals surface area contributed by atoms with Crippen LogP contribution in [0.2, 0.25) is 0 Å². The van der Waals surface area contributed by atoms with E-state index in [9.17, 15) is 0 Å². The van der Waals surface area contributed by atoms with E-state index in [1.165, 1.54) is 30.5 Å². The Hall–Kier alpha value is -1.92. The van der Waals surface area contributed by atoms with Crippen LogP contribution < -0.4 is 10.2 Å².